The molecule has 1 aromatic carbocycles. The summed E-state index contributed by atoms with van der Waals surface area (Å²) in [5, 5.41) is 22.2. The predicted molar refractivity (Wildman–Crippen MR) is 90.1 cm³/mol. The van der Waals surface area contributed by atoms with Gasteiger partial charge in [0.25, 0.3) is 11.4 Å². The number of benzene rings is 1. The third-order valence-electron chi connectivity index (χ3n) is 8.44. The van der Waals surface area contributed by atoms with Gasteiger partial charge in [-0.2, -0.15) is 0 Å². The number of nitro groups is 2. The molecule has 0 heterocycles. The largest absolute Gasteiger partial charge is 0.373 e. The first-order valence-corrected chi connectivity index (χ1v) is 9.59. The standard InChI is InChI=1S/C19H20N2O5/c22-20(23)9-2-1-8(13(5-9)21(24)25)7-26-14-6-12-16-10-3-4-11-15(10)18(12)19(14)17(11)16/h1-2,5,10-12,14-19H,3-4,6-7H2/t10-,11-,12-,14-,15-,16+,17+,18-,19+/m0/s1. The summed E-state index contributed by atoms with van der Waals surface area (Å²) in [6.07, 6.45) is 4.16. The van der Waals surface area contributed by atoms with Gasteiger partial charge in [0.15, 0.2) is 0 Å². The summed E-state index contributed by atoms with van der Waals surface area (Å²) in [7, 11) is 0. The van der Waals surface area contributed by atoms with Gasteiger partial charge in [0, 0.05) is 6.07 Å². The van der Waals surface area contributed by atoms with E-state index in [4.69, 9.17) is 4.74 Å². The van der Waals surface area contributed by atoms with Crippen LogP contribution < -0.4 is 0 Å². The highest BCUT2D eigenvalue weighted by Crippen LogP contribution is 2.82. The van der Waals surface area contributed by atoms with Crippen LogP contribution in [0.4, 0.5) is 11.4 Å². The summed E-state index contributed by atoms with van der Waals surface area (Å²) in [6.45, 7) is 0.172. The van der Waals surface area contributed by atoms with Crippen molar-refractivity contribution in [2.75, 3.05) is 0 Å². The van der Waals surface area contributed by atoms with Crippen molar-refractivity contribution in [3.8, 4) is 0 Å². The van der Waals surface area contributed by atoms with Crippen molar-refractivity contribution < 1.29 is 14.6 Å². The lowest BCUT2D eigenvalue weighted by Gasteiger charge is -2.38. The van der Waals surface area contributed by atoms with Gasteiger partial charge in [0.1, 0.15) is 0 Å². The Balaban J connectivity index is 1.21. The van der Waals surface area contributed by atoms with Crippen LogP contribution in [0, 0.1) is 67.6 Å². The normalized spacial score (nSPS) is 45.8. The molecule has 0 aromatic heterocycles. The molecule has 7 nitrogen and oxygen atoms in total. The highest BCUT2D eigenvalue weighted by Gasteiger charge is 2.79. The zero-order chi connectivity index (χ0) is 17.7. The summed E-state index contributed by atoms with van der Waals surface area (Å²) in [4.78, 5) is 21.0. The minimum atomic E-state index is -0.605. The molecule has 0 aliphatic heterocycles. The Morgan fingerprint density at radius 1 is 0.923 bits per heavy atom. The fourth-order valence-corrected chi connectivity index (χ4v) is 8.18. The molecule has 0 saturated heterocycles. The zero-order valence-electron chi connectivity index (χ0n) is 14.2. The molecule has 6 fully saturated rings. The molecule has 0 spiro atoms. The first kappa shape index (κ1) is 15.1. The second-order valence-electron chi connectivity index (χ2n) is 8.87. The maximum Gasteiger partial charge on any atom is 0.281 e. The van der Waals surface area contributed by atoms with Gasteiger partial charge >= 0.3 is 0 Å². The van der Waals surface area contributed by atoms with E-state index in [9.17, 15) is 20.2 Å². The Bertz CT molecular complexity index is 833. The van der Waals surface area contributed by atoms with Gasteiger partial charge in [0.05, 0.1) is 34.2 Å². The Morgan fingerprint density at radius 2 is 1.62 bits per heavy atom. The average molecular weight is 356 g/mol. The van der Waals surface area contributed by atoms with Gasteiger partial charge in [-0.1, -0.05) is 0 Å². The lowest BCUT2D eigenvalue weighted by atomic mass is 9.70. The Morgan fingerprint density at radius 3 is 2.35 bits per heavy atom. The Hall–Kier alpha value is -2.02. The number of hydrogen-bond acceptors (Lipinski definition) is 5. The van der Waals surface area contributed by atoms with Crippen LogP contribution in [0.15, 0.2) is 18.2 Å². The molecular formula is C19H20N2O5. The number of hydrogen-bond donors (Lipinski definition) is 0. The lowest BCUT2D eigenvalue weighted by Crippen LogP contribution is -2.36. The molecule has 0 N–H and O–H groups in total. The molecule has 6 aliphatic rings. The molecule has 9 atom stereocenters. The lowest BCUT2D eigenvalue weighted by molar-refractivity contribution is -0.394. The summed E-state index contributed by atoms with van der Waals surface area (Å²) >= 11 is 0. The van der Waals surface area contributed by atoms with Gasteiger partial charge < -0.3 is 4.74 Å². The number of nitro benzene ring substituents is 2. The van der Waals surface area contributed by atoms with Crippen molar-refractivity contribution in [3.63, 3.8) is 0 Å². The van der Waals surface area contributed by atoms with Gasteiger partial charge in [0.2, 0.25) is 0 Å². The van der Waals surface area contributed by atoms with Gasteiger partial charge in [-0.3, -0.25) is 20.2 Å². The van der Waals surface area contributed by atoms with E-state index in [0.717, 1.165) is 53.9 Å². The monoisotopic (exact) mass is 356 g/mol. The van der Waals surface area contributed by atoms with E-state index in [1.807, 2.05) is 0 Å². The second kappa shape index (κ2) is 4.82. The second-order valence-corrected chi connectivity index (χ2v) is 8.87. The molecule has 6 saturated carbocycles. The molecule has 6 aliphatic carbocycles. The number of non-ortho nitro benzene ring substituents is 1. The molecule has 1 aromatic rings. The number of nitrogens with zero attached hydrogens (tertiary/aromatic N) is 2. The molecule has 26 heavy (non-hydrogen) atoms. The van der Waals surface area contributed by atoms with Crippen LogP contribution in [0.2, 0.25) is 0 Å². The van der Waals surface area contributed by atoms with E-state index >= 15 is 0 Å². The molecular weight excluding hydrogens is 336 g/mol. The maximum atomic E-state index is 11.3. The fraction of sp³-hybridized carbons (Fsp3) is 0.684. The Kier molecular flexibility index (Phi) is 2.80. The zero-order valence-corrected chi connectivity index (χ0v) is 14.2. The third-order valence-corrected chi connectivity index (χ3v) is 8.44. The first-order chi connectivity index (χ1) is 12.6. The van der Waals surface area contributed by atoms with Crippen LogP contribution >= 0.6 is 0 Å². The molecule has 7 heteroatoms. The third kappa shape index (κ3) is 1.63. The SMILES string of the molecule is O=[N+]([O-])c1ccc(CO[C@H]2C[C@H]3[C@H]4[C@H]5CC[C@H]6[C@H]5[C@H]3[C@H]2[C@H]64)c([N+](=O)[O-])c1. The molecule has 7 rings (SSSR count). The van der Waals surface area contributed by atoms with E-state index in [2.05, 4.69) is 0 Å². The van der Waals surface area contributed by atoms with E-state index in [1.54, 1.807) is 0 Å². The topological polar surface area (TPSA) is 95.5 Å². The van der Waals surface area contributed by atoms with Crippen LogP contribution in [-0.2, 0) is 11.3 Å². The van der Waals surface area contributed by atoms with Crippen molar-refractivity contribution in [2.24, 2.45) is 47.3 Å². The van der Waals surface area contributed by atoms with E-state index < -0.39 is 9.85 Å². The van der Waals surface area contributed by atoms with Crippen molar-refractivity contribution in [2.45, 2.75) is 32.0 Å². The molecule has 0 radical (unpaired) electrons. The van der Waals surface area contributed by atoms with Gasteiger partial charge in [-0.05, 0) is 72.7 Å². The van der Waals surface area contributed by atoms with Crippen molar-refractivity contribution in [1.29, 1.82) is 0 Å². The van der Waals surface area contributed by atoms with E-state index in [0.29, 0.717) is 11.5 Å². The highest BCUT2D eigenvalue weighted by molar-refractivity contribution is 5.48. The van der Waals surface area contributed by atoms with Crippen LogP contribution in [0.3, 0.4) is 0 Å². The predicted octanol–water partition coefficient (Wildman–Crippen LogP) is 3.56. The number of rotatable bonds is 5. The number of ether oxygens (including phenoxy) is 1. The maximum absolute atomic E-state index is 11.3. The molecule has 0 amide bonds. The molecule has 8 bridgehead atoms. The summed E-state index contributed by atoms with van der Waals surface area (Å²) in [6, 6.07) is 3.83. The van der Waals surface area contributed by atoms with E-state index in [-0.39, 0.29) is 24.1 Å². The molecule has 136 valence electrons. The van der Waals surface area contributed by atoms with Gasteiger partial charge in [-0.15, -0.1) is 0 Å². The minimum Gasteiger partial charge on any atom is -0.373 e. The van der Waals surface area contributed by atoms with Gasteiger partial charge in [-0.25, -0.2) is 0 Å². The average Bonchev–Trinajstić information content (AvgIpc) is 3.41. The fourth-order valence-electron chi connectivity index (χ4n) is 8.18. The van der Waals surface area contributed by atoms with Crippen LogP contribution in [0.5, 0.6) is 0 Å². The summed E-state index contributed by atoms with van der Waals surface area (Å²) in [5.74, 6) is 7.00. The van der Waals surface area contributed by atoms with Crippen molar-refractivity contribution in [1.82, 2.24) is 0 Å². The van der Waals surface area contributed by atoms with Crippen molar-refractivity contribution >= 4 is 11.4 Å². The molecule has 0 unspecified atom stereocenters. The van der Waals surface area contributed by atoms with Crippen LogP contribution in [-0.4, -0.2) is 16.0 Å². The van der Waals surface area contributed by atoms with Crippen LogP contribution in [0.25, 0.3) is 0 Å². The highest BCUT2D eigenvalue weighted by atomic mass is 16.6. The van der Waals surface area contributed by atoms with E-state index in [1.165, 1.54) is 25.0 Å². The van der Waals surface area contributed by atoms with Crippen molar-refractivity contribution in [3.05, 3.63) is 44.0 Å². The minimum absolute atomic E-state index is 0.172. The van der Waals surface area contributed by atoms with Crippen LogP contribution in [0.1, 0.15) is 24.8 Å². The Labute approximate surface area is 150 Å². The smallest absolute Gasteiger partial charge is 0.281 e. The summed E-state index contributed by atoms with van der Waals surface area (Å²) < 4.78 is 6.20. The summed E-state index contributed by atoms with van der Waals surface area (Å²) in [5.41, 5.74) is -0.0378. The quantitative estimate of drug-likeness (QED) is 0.594. The first-order valence-electron chi connectivity index (χ1n) is 9.59.